The molecule has 1 heterocycles. The van der Waals surface area contributed by atoms with Crippen LogP contribution in [-0.2, 0) is 14.3 Å². The van der Waals surface area contributed by atoms with E-state index in [0.717, 1.165) is 18.9 Å². The third-order valence-corrected chi connectivity index (χ3v) is 3.14. The third-order valence-electron chi connectivity index (χ3n) is 3.14. The zero-order valence-electron chi connectivity index (χ0n) is 14.8. The first-order valence-electron chi connectivity index (χ1n) is 7.67. The summed E-state index contributed by atoms with van der Waals surface area (Å²) < 4.78 is 3.86. The first kappa shape index (κ1) is 22.2. The van der Waals surface area contributed by atoms with E-state index in [9.17, 15) is 4.79 Å². The Labute approximate surface area is 130 Å². The molecule has 1 amide bonds. The van der Waals surface area contributed by atoms with Crippen LogP contribution in [0.25, 0.3) is 0 Å². The molecule has 2 atom stereocenters. The van der Waals surface area contributed by atoms with E-state index in [1.807, 2.05) is 4.90 Å². The molecule has 1 aliphatic rings. The molecule has 0 saturated carbocycles. The monoisotopic (exact) mass is 302 g/mol. The fourth-order valence-electron chi connectivity index (χ4n) is 2.02. The summed E-state index contributed by atoms with van der Waals surface area (Å²) in [4.78, 5) is 22.3. The van der Waals surface area contributed by atoms with Gasteiger partial charge in [-0.15, -0.1) is 0 Å². The van der Waals surface area contributed by atoms with Crippen LogP contribution in [-0.4, -0.2) is 43.5 Å². The lowest BCUT2D eigenvalue weighted by Crippen LogP contribution is -2.38. The van der Waals surface area contributed by atoms with Crippen LogP contribution in [0.2, 0.25) is 0 Å². The Kier molecular flexibility index (Phi) is 13.3. The second-order valence-corrected chi connectivity index (χ2v) is 6.40. The van der Waals surface area contributed by atoms with E-state index in [2.05, 4.69) is 46.3 Å². The van der Waals surface area contributed by atoms with Crippen LogP contribution >= 0.6 is 0 Å². The lowest BCUT2D eigenvalue weighted by atomic mass is 9.94. The number of hydrogen-bond acceptors (Lipinski definition) is 4. The molecule has 0 spiro atoms. The van der Waals surface area contributed by atoms with Crippen molar-refractivity contribution in [1.82, 2.24) is 4.90 Å². The zero-order chi connectivity index (χ0) is 17.0. The van der Waals surface area contributed by atoms with Crippen LogP contribution < -0.4 is 5.73 Å². The quantitative estimate of drug-likeness (QED) is 0.812. The molecule has 1 fully saturated rings. The van der Waals surface area contributed by atoms with Crippen molar-refractivity contribution in [3.05, 3.63) is 0 Å². The van der Waals surface area contributed by atoms with Crippen LogP contribution in [0.5, 0.6) is 0 Å². The number of nitrogens with zero attached hydrogens (tertiary/aromatic N) is 1. The van der Waals surface area contributed by atoms with Crippen molar-refractivity contribution in [1.29, 1.82) is 0 Å². The highest BCUT2D eigenvalue weighted by Crippen LogP contribution is 2.28. The predicted octanol–water partition coefficient (Wildman–Crippen LogP) is 2.29. The topological polar surface area (TPSA) is 72.6 Å². The Balaban J connectivity index is 0. The summed E-state index contributed by atoms with van der Waals surface area (Å²) in [5.41, 5.74) is 5.34. The Morgan fingerprint density at radius 1 is 1.33 bits per heavy atom. The average Bonchev–Trinajstić information content (AvgIpc) is 2.80. The fraction of sp³-hybridized carbons (Fsp3) is 0.875. The molecule has 126 valence electrons. The molecular weight excluding hydrogens is 268 g/mol. The van der Waals surface area contributed by atoms with E-state index >= 15 is 0 Å². The summed E-state index contributed by atoms with van der Waals surface area (Å²) in [6, 6.07) is 0.378. The molecule has 0 aromatic carbocycles. The smallest absolute Gasteiger partial charge is 0.292 e. The van der Waals surface area contributed by atoms with Crippen LogP contribution in [0, 0.1) is 17.8 Å². The molecule has 1 rings (SSSR count). The molecule has 0 aromatic heterocycles. The molecule has 1 saturated heterocycles. The van der Waals surface area contributed by atoms with Gasteiger partial charge < -0.3 is 15.4 Å². The van der Waals surface area contributed by atoms with Crippen LogP contribution in [0.3, 0.4) is 0 Å². The van der Waals surface area contributed by atoms with Gasteiger partial charge in [0.05, 0.1) is 13.7 Å². The van der Waals surface area contributed by atoms with Crippen molar-refractivity contribution in [2.24, 2.45) is 23.5 Å². The standard InChI is InChI=1S/C10H20N2O.C4H10.C2H4O2/c1-7(2)9-4-8(3)12(6-9)10(13)5-11;1-4(2)3;1-4-2-3/h7-9H,4-6,11H2,1-3H3;4H,1-3H3;2H,1H3. The van der Waals surface area contributed by atoms with E-state index in [-0.39, 0.29) is 12.5 Å². The van der Waals surface area contributed by atoms with Gasteiger partial charge in [0.1, 0.15) is 0 Å². The molecule has 5 nitrogen and oxygen atoms in total. The van der Waals surface area contributed by atoms with Crippen molar-refractivity contribution >= 4 is 12.4 Å². The van der Waals surface area contributed by atoms with E-state index < -0.39 is 0 Å². The van der Waals surface area contributed by atoms with Gasteiger partial charge in [-0.05, 0) is 31.1 Å². The maximum Gasteiger partial charge on any atom is 0.292 e. The normalized spacial score (nSPS) is 20.4. The molecule has 2 unspecified atom stereocenters. The van der Waals surface area contributed by atoms with Crippen molar-refractivity contribution in [3.8, 4) is 0 Å². The van der Waals surface area contributed by atoms with Crippen LogP contribution in [0.4, 0.5) is 0 Å². The molecule has 0 bridgehead atoms. The number of amides is 1. The third kappa shape index (κ3) is 11.3. The second kappa shape index (κ2) is 12.6. The predicted molar refractivity (Wildman–Crippen MR) is 86.8 cm³/mol. The summed E-state index contributed by atoms with van der Waals surface area (Å²) in [5, 5.41) is 0. The van der Waals surface area contributed by atoms with Crippen molar-refractivity contribution in [3.63, 3.8) is 0 Å². The molecule has 0 aliphatic carbocycles. The van der Waals surface area contributed by atoms with Gasteiger partial charge in [0, 0.05) is 12.6 Å². The molecular formula is C16H34N2O3. The number of rotatable bonds is 3. The molecule has 2 N–H and O–H groups in total. The Hall–Kier alpha value is -1.10. The summed E-state index contributed by atoms with van der Waals surface area (Å²) >= 11 is 0. The minimum Gasteiger partial charge on any atom is -0.471 e. The largest absolute Gasteiger partial charge is 0.471 e. The second-order valence-electron chi connectivity index (χ2n) is 6.40. The number of methoxy groups -OCH3 is 1. The fourth-order valence-corrected chi connectivity index (χ4v) is 2.02. The van der Waals surface area contributed by atoms with Gasteiger partial charge in [0.15, 0.2) is 0 Å². The first-order valence-corrected chi connectivity index (χ1v) is 7.67. The number of carbonyl (C=O) groups is 2. The van der Waals surface area contributed by atoms with Gasteiger partial charge in [0.2, 0.25) is 5.91 Å². The maximum absolute atomic E-state index is 11.4. The highest BCUT2D eigenvalue weighted by molar-refractivity contribution is 5.78. The van der Waals surface area contributed by atoms with Gasteiger partial charge in [0.25, 0.3) is 6.47 Å². The Bertz CT molecular complexity index is 278. The highest BCUT2D eigenvalue weighted by Gasteiger charge is 2.32. The van der Waals surface area contributed by atoms with Crippen molar-refractivity contribution in [2.75, 3.05) is 20.2 Å². The lowest BCUT2D eigenvalue weighted by Gasteiger charge is -2.20. The molecule has 0 aromatic rings. The average molecular weight is 302 g/mol. The number of nitrogens with two attached hydrogens (primary N) is 1. The van der Waals surface area contributed by atoms with E-state index in [4.69, 9.17) is 10.5 Å². The number of hydrogen-bond donors (Lipinski definition) is 1. The maximum atomic E-state index is 11.4. The Morgan fingerprint density at radius 2 is 1.76 bits per heavy atom. The van der Waals surface area contributed by atoms with E-state index in [1.54, 1.807) is 0 Å². The van der Waals surface area contributed by atoms with Crippen molar-refractivity contribution < 1.29 is 14.3 Å². The summed E-state index contributed by atoms with van der Waals surface area (Å²) in [6.45, 7) is 14.5. The van der Waals surface area contributed by atoms with Gasteiger partial charge in [-0.1, -0.05) is 34.6 Å². The van der Waals surface area contributed by atoms with Gasteiger partial charge >= 0.3 is 0 Å². The minimum absolute atomic E-state index is 0.0932. The number of likely N-dealkylation sites (tertiary alicyclic amines) is 1. The van der Waals surface area contributed by atoms with Gasteiger partial charge in [-0.25, -0.2) is 0 Å². The summed E-state index contributed by atoms with van der Waals surface area (Å²) in [5.74, 6) is 2.25. The SMILES string of the molecule is CC(C)C.CC(C)C1CC(C)N(C(=O)CN)C1.COC=O. The number of ether oxygens (including phenoxy) is 1. The molecule has 1 aliphatic heterocycles. The van der Waals surface area contributed by atoms with Gasteiger partial charge in [-0.2, -0.15) is 0 Å². The van der Waals surface area contributed by atoms with Gasteiger partial charge in [-0.3, -0.25) is 9.59 Å². The van der Waals surface area contributed by atoms with Crippen LogP contribution in [0.1, 0.15) is 48.0 Å². The molecule has 0 radical (unpaired) electrons. The van der Waals surface area contributed by atoms with E-state index in [0.29, 0.717) is 24.3 Å². The highest BCUT2D eigenvalue weighted by atomic mass is 16.5. The molecule has 5 heteroatoms. The lowest BCUT2D eigenvalue weighted by molar-refractivity contribution is -0.130. The summed E-state index contributed by atoms with van der Waals surface area (Å²) in [7, 11) is 1.31. The van der Waals surface area contributed by atoms with E-state index in [1.165, 1.54) is 7.11 Å². The first-order chi connectivity index (χ1) is 9.70. The summed E-state index contributed by atoms with van der Waals surface area (Å²) in [6.07, 6.45) is 1.13. The molecule has 21 heavy (non-hydrogen) atoms. The minimum atomic E-state index is 0.0932. The van der Waals surface area contributed by atoms with Crippen molar-refractivity contribution in [2.45, 2.75) is 54.0 Å². The Morgan fingerprint density at radius 3 is 2.00 bits per heavy atom. The van der Waals surface area contributed by atoms with Crippen LogP contribution in [0.15, 0.2) is 0 Å². The zero-order valence-corrected chi connectivity index (χ0v) is 14.8. The number of carbonyl (C=O) groups excluding carboxylic acids is 2.